The smallest absolute Gasteiger partial charge is 0.346 e. The molecule has 0 atom stereocenters. The molecule has 10 heteroatoms. The van der Waals surface area contributed by atoms with Crippen LogP contribution in [0.2, 0.25) is 0 Å². The fraction of sp³-hybridized carbons (Fsp3) is 0.286. The summed E-state index contributed by atoms with van der Waals surface area (Å²) in [6.45, 7) is 7.51. The average molecular weight is 570 g/mol. The van der Waals surface area contributed by atoms with E-state index in [-0.39, 0.29) is 28.9 Å². The molecule has 38 heavy (non-hydrogen) atoms. The van der Waals surface area contributed by atoms with E-state index in [0.29, 0.717) is 37.2 Å². The molecule has 2 aliphatic heterocycles. The predicted octanol–water partition coefficient (Wildman–Crippen LogP) is 5.99. The van der Waals surface area contributed by atoms with Crippen molar-refractivity contribution >= 4 is 69.7 Å². The van der Waals surface area contributed by atoms with E-state index in [4.69, 9.17) is 26.4 Å². The lowest BCUT2D eigenvalue weighted by Crippen LogP contribution is -2.56. The van der Waals surface area contributed by atoms with E-state index in [0.717, 1.165) is 23.5 Å². The predicted molar refractivity (Wildman–Crippen MR) is 155 cm³/mol. The number of thioether (sulfide) groups is 2. The van der Waals surface area contributed by atoms with Crippen LogP contribution in [-0.4, -0.2) is 48.6 Å². The Bertz CT molecular complexity index is 1350. The number of thiocarbonyl (C=S) groups is 1. The lowest BCUT2D eigenvalue weighted by Gasteiger charge is -2.45. The van der Waals surface area contributed by atoms with Crippen LogP contribution in [0.4, 0.5) is 5.69 Å². The topological polar surface area (TPSA) is 82.1 Å². The minimum Gasteiger partial charge on any atom is -0.497 e. The maximum Gasteiger partial charge on any atom is 0.346 e. The summed E-state index contributed by atoms with van der Waals surface area (Å²) in [7, 11) is 1.56. The number of benzene rings is 2. The summed E-state index contributed by atoms with van der Waals surface area (Å²) in [5.41, 5.74) is 1.58. The molecule has 2 aromatic rings. The average Bonchev–Trinajstić information content (AvgIpc) is 3.35. The summed E-state index contributed by atoms with van der Waals surface area (Å²) >= 11 is 8.31. The maximum atomic E-state index is 13.8. The quantitative estimate of drug-likeness (QED) is 0.237. The number of anilines is 1. The third-order valence-corrected chi connectivity index (χ3v) is 9.26. The van der Waals surface area contributed by atoms with Crippen molar-refractivity contribution in [1.29, 1.82) is 0 Å². The lowest BCUT2D eigenvalue weighted by atomic mass is 9.82. The molecule has 0 N–H and O–H groups in total. The van der Waals surface area contributed by atoms with Gasteiger partial charge in [0, 0.05) is 22.8 Å². The molecule has 198 valence electrons. The van der Waals surface area contributed by atoms with Gasteiger partial charge in [-0.3, -0.25) is 9.69 Å². The van der Waals surface area contributed by atoms with Gasteiger partial charge in [0.2, 0.25) is 0 Å². The van der Waals surface area contributed by atoms with Crippen molar-refractivity contribution < 1.29 is 28.6 Å². The van der Waals surface area contributed by atoms with Gasteiger partial charge in [0.15, 0.2) is 0 Å². The van der Waals surface area contributed by atoms with E-state index < -0.39 is 17.5 Å². The molecule has 2 heterocycles. The summed E-state index contributed by atoms with van der Waals surface area (Å²) < 4.78 is 16.6. The monoisotopic (exact) mass is 569 g/mol. The molecule has 4 rings (SSSR count). The summed E-state index contributed by atoms with van der Waals surface area (Å²) in [5.74, 6) is -0.825. The number of esters is 2. The normalized spacial score (nSPS) is 16.3. The van der Waals surface area contributed by atoms with E-state index in [1.54, 1.807) is 50.1 Å². The minimum atomic E-state index is -0.929. The van der Waals surface area contributed by atoms with Gasteiger partial charge in [0.1, 0.15) is 15.6 Å². The zero-order chi connectivity index (χ0) is 27.6. The van der Waals surface area contributed by atoms with Crippen molar-refractivity contribution in [3.63, 3.8) is 0 Å². The molecule has 0 fully saturated rings. The van der Waals surface area contributed by atoms with Gasteiger partial charge in [0.05, 0.1) is 40.7 Å². The zero-order valence-electron chi connectivity index (χ0n) is 21.7. The molecule has 0 saturated carbocycles. The Kier molecular flexibility index (Phi) is 8.34. The first kappa shape index (κ1) is 27.9. The first-order chi connectivity index (χ1) is 18.1. The van der Waals surface area contributed by atoms with Crippen LogP contribution in [0.5, 0.6) is 5.75 Å². The van der Waals surface area contributed by atoms with Crippen LogP contribution in [0.3, 0.4) is 0 Å². The largest absolute Gasteiger partial charge is 0.497 e. The van der Waals surface area contributed by atoms with Crippen LogP contribution in [0.15, 0.2) is 62.6 Å². The second kappa shape index (κ2) is 11.3. The van der Waals surface area contributed by atoms with Crippen molar-refractivity contribution in [2.24, 2.45) is 0 Å². The number of ether oxygens (including phenoxy) is 3. The Morgan fingerprint density at radius 2 is 1.50 bits per heavy atom. The van der Waals surface area contributed by atoms with Crippen LogP contribution in [0.25, 0.3) is 5.57 Å². The molecule has 0 unspecified atom stereocenters. The van der Waals surface area contributed by atoms with Crippen LogP contribution in [-0.2, 0) is 19.1 Å². The number of carbonyl (C=O) groups is 3. The highest BCUT2D eigenvalue weighted by molar-refractivity contribution is 8.29. The number of nitrogens with zero attached hydrogens (tertiary/aromatic N) is 1. The Labute approximate surface area is 235 Å². The molecule has 2 aliphatic rings. The second-order valence-electron chi connectivity index (χ2n) is 8.74. The van der Waals surface area contributed by atoms with E-state index in [1.807, 2.05) is 38.1 Å². The fourth-order valence-corrected chi connectivity index (χ4v) is 7.19. The number of methoxy groups -OCH3 is 1. The number of hydrogen-bond acceptors (Lipinski definition) is 9. The van der Waals surface area contributed by atoms with Gasteiger partial charge in [-0.1, -0.05) is 53.9 Å². The van der Waals surface area contributed by atoms with Crippen LogP contribution >= 0.6 is 35.7 Å². The lowest BCUT2D eigenvalue weighted by molar-refractivity contribution is -0.140. The van der Waals surface area contributed by atoms with Gasteiger partial charge in [-0.2, -0.15) is 0 Å². The molecule has 1 amide bonds. The molecule has 0 saturated heterocycles. The highest BCUT2D eigenvalue weighted by Gasteiger charge is 2.46. The van der Waals surface area contributed by atoms with Gasteiger partial charge in [-0.25, -0.2) is 9.59 Å². The maximum absolute atomic E-state index is 13.8. The Hall–Kier alpha value is -3.08. The number of hydrogen-bond donors (Lipinski definition) is 0. The van der Waals surface area contributed by atoms with Crippen molar-refractivity contribution in [3.8, 4) is 5.75 Å². The van der Waals surface area contributed by atoms with Gasteiger partial charge in [-0.15, -0.1) is 0 Å². The molecular weight excluding hydrogens is 543 g/mol. The van der Waals surface area contributed by atoms with Crippen molar-refractivity contribution in [3.05, 3.63) is 73.7 Å². The summed E-state index contributed by atoms with van der Waals surface area (Å²) in [5, 5.41) is 0. The molecule has 0 bridgehead atoms. The molecular formula is C28H27NO6S3. The molecule has 0 aromatic heterocycles. The molecule has 2 aromatic carbocycles. The summed E-state index contributed by atoms with van der Waals surface area (Å²) in [6.07, 6.45) is 0. The van der Waals surface area contributed by atoms with Crippen LogP contribution in [0.1, 0.15) is 43.6 Å². The Morgan fingerprint density at radius 3 is 2.03 bits per heavy atom. The van der Waals surface area contributed by atoms with E-state index in [9.17, 15) is 14.4 Å². The highest BCUT2D eigenvalue weighted by Crippen LogP contribution is 2.56. The number of carbonyl (C=O) groups excluding carboxylic acids is 3. The van der Waals surface area contributed by atoms with E-state index in [2.05, 4.69) is 0 Å². The van der Waals surface area contributed by atoms with Gasteiger partial charge >= 0.3 is 11.9 Å². The van der Waals surface area contributed by atoms with Crippen molar-refractivity contribution in [2.45, 2.75) is 33.2 Å². The van der Waals surface area contributed by atoms with Gasteiger partial charge in [0.25, 0.3) is 5.91 Å². The van der Waals surface area contributed by atoms with E-state index >= 15 is 0 Å². The molecule has 7 nitrogen and oxygen atoms in total. The fourth-order valence-electron chi connectivity index (χ4n) is 4.20. The summed E-state index contributed by atoms with van der Waals surface area (Å²) in [6, 6.07) is 14.4. The number of rotatable bonds is 6. The second-order valence-corrected chi connectivity index (χ2v) is 11.5. The van der Waals surface area contributed by atoms with E-state index in [1.165, 1.54) is 0 Å². The number of fused-ring (bicyclic) bond motifs is 1. The van der Waals surface area contributed by atoms with Gasteiger partial charge < -0.3 is 14.2 Å². The number of amides is 1. The third-order valence-electron chi connectivity index (χ3n) is 6.00. The summed E-state index contributed by atoms with van der Waals surface area (Å²) in [4.78, 5) is 41.9. The van der Waals surface area contributed by atoms with Crippen LogP contribution in [0, 0.1) is 0 Å². The minimum absolute atomic E-state index is 0.163. The molecule has 0 spiro atoms. The highest BCUT2D eigenvalue weighted by atomic mass is 32.2. The first-order valence-corrected chi connectivity index (χ1v) is 14.0. The zero-order valence-corrected chi connectivity index (χ0v) is 24.1. The van der Waals surface area contributed by atoms with Crippen molar-refractivity contribution in [2.75, 3.05) is 25.2 Å². The van der Waals surface area contributed by atoms with Crippen molar-refractivity contribution in [1.82, 2.24) is 0 Å². The Balaban J connectivity index is 1.91. The van der Waals surface area contributed by atoms with Gasteiger partial charge in [-0.05, 0) is 52.0 Å². The molecule has 0 radical (unpaired) electrons. The third kappa shape index (κ3) is 5.00. The first-order valence-electron chi connectivity index (χ1n) is 12.0. The standard InChI is InChI=1S/C28H27NO6S3/c1-6-34-25(31)21-22(26(32)35-7-2)38-27(37-21)20-18-14-13-17(33-5)15-19(18)29(28(3,4)23(20)36)24(30)16-11-9-8-10-12-16/h8-15H,6-7H2,1-5H3. The molecule has 0 aliphatic carbocycles. The SMILES string of the molecule is CCOC(=O)C1=C(C(=O)OCC)SC(=C2C(=S)C(C)(C)N(C(=O)c3ccccc3)c3cc(OC)ccc32)S1. The Morgan fingerprint density at radius 1 is 0.921 bits per heavy atom. The van der Waals surface area contributed by atoms with Crippen LogP contribution < -0.4 is 9.64 Å².